The smallest absolute Gasteiger partial charge is 0.0548 e. The van der Waals surface area contributed by atoms with E-state index >= 15 is 0 Å². The van der Waals surface area contributed by atoms with Gasteiger partial charge in [0.1, 0.15) is 0 Å². The molecule has 0 rings (SSSR count). The average molecular weight is 183 g/mol. The van der Waals surface area contributed by atoms with Crippen molar-refractivity contribution < 1.29 is 0 Å². The van der Waals surface area contributed by atoms with E-state index < -0.39 is 0 Å². The molecule has 0 aliphatic rings. The van der Waals surface area contributed by atoms with Crippen molar-refractivity contribution in [3.8, 4) is 12.3 Å². The van der Waals surface area contributed by atoms with Gasteiger partial charge in [-0.15, -0.1) is 30.4 Å². The molecule has 2 N–H and O–H groups in total. The normalized spacial score (nSPS) is 4.00. The van der Waals surface area contributed by atoms with Crippen LogP contribution in [0.1, 0.15) is 0 Å². The van der Waals surface area contributed by atoms with Gasteiger partial charge in [-0.1, -0.05) is 5.92 Å². The van der Waals surface area contributed by atoms with E-state index in [-0.39, 0.29) is 24.0 Å². The minimum absolute atomic E-state index is 0. The van der Waals surface area contributed by atoms with Gasteiger partial charge in [0.15, 0.2) is 0 Å². The van der Waals surface area contributed by atoms with Crippen molar-refractivity contribution in [1.82, 2.24) is 0 Å². The second-order valence-corrected chi connectivity index (χ2v) is 0.408. The molecule has 0 spiro atoms. The van der Waals surface area contributed by atoms with Crippen LogP contribution in [-0.2, 0) is 0 Å². The largest absolute Gasteiger partial charge is 0.320 e. The maximum atomic E-state index is 4.79. The molecule has 0 saturated heterocycles. The molecule has 0 heterocycles. The summed E-state index contributed by atoms with van der Waals surface area (Å²) in [6.07, 6.45) is 4.65. The van der Waals surface area contributed by atoms with E-state index in [1.165, 1.54) is 0 Å². The Balaban J connectivity index is 0. The molecule has 2 heteroatoms. The number of halogens is 1. The molecule has 0 amide bonds. The zero-order valence-electron chi connectivity index (χ0n) is 2.77. The van der Waals surface area contributed by atoms with Crippen molar-refractivity contribution in [2.75, 3.05) is 6.54 Å². The third-order valence-electron chi connectivity index (χ3n) is 0.118. The summed E-state index contributed by atoms with van der Waals surface area (Å²) >= 11 is 0. The van der Waals surface area contributed by atoms with Crippen LogP contribution in [0, 0.1) is 12.3 Å². The first-order valence-electron chi connectivity index (χ1n) is 1.05. The standard InChI is InChI=1S/C3H5N.HI/c1-2-3-4;/h1H,3-4H2;1H. The number of hydrogen-bond donors (Lipinski definition) is 1. The van der Waals surface area contributed by atoms with E-state index in [1.807, 2.05) is 0 Å². The second-order valence-electron chi connectivity index (χ2n) is 0.408. The van der Waals surface area contributed by atoms with Crippen LogP contribution < -0.4 is 5.73 Å². The second kappa shape index (κ2) is 8.87. The van der Waals surface area contributed by atoms with Gasteiger partial charge < -0.3 is 5.73 Å². The Morgan fingerprint density at radius 3 is 2.00 bits per heavy atom. The maximum Gasteiger partial charge on any atom is 0.0548 e. The van der Waals surface area contributed by atoms with Crippen LogP contribution in [0.25, 0.3) is 0 Å². The Bertz CT molecular complexity index is 36.6. The number of rotatable bonds is 0. The first-order valence-corrected chi connectivity index (χ1v) is 1.05. The van der Waals surface area contributed by atoms with Crippen molar-refractivity contribution in [2.45, 2.75) is 0 Å². The predicted octanol–water partition coefficient (Wildman–Crippen LogP) is 0.196. The monoisotopic (exact) mass is 183 g/mol. The zero-order valence-corrected chi connectivity index (χ0v) is 5.10. The lowest BCUT2D eigenvalue weighted by Crippen LogP contribution is -1.91. The molecule has 0 aromatic rings. The van der Waals surface area contributed by atoms with Crippen molar-refractivity contribution in [2.24, 2.45) is 5.73 Å². The van der Waals surface area contributed by atoms with Gasteiger partial charge in [-0.2, -0.15) is 0 Å². The quantitative estimate of drug-likeness (QED) is 0.421. The molecule has 30 valence electrons. The number of nitrogens with two attached hydrogens (primary N) is 1. The lowest BCUT2D eigenvalue weighted by molar-refractivity contribution is 1.30. The van der Waals surface area contributed by atoms with Crippen LogP contribution in [0.5, 0.6) is 0 Å². The van der Waals surface area contributed by atoms with Crippen molar-refractivity contribution in [3.63, 3.8) is 0 Å². The number of terminal acetylenes is 1. The van der Waals surface area contributed by atoms with Crippen LogP contribution in [0.2, 0.25) is 0 Å². The molecule has 1 nitrogen and oxygen atoms in total. The fourth-order valence-corrected chi connectivity index (χ4v) is 0. The highest BCUT2D eigenvalue weighted by Gasteiger charge is 1.41. The van der Waals surface area contributed by atoms with Crippen LogP contribution >= 0.6 is 24.0 Å². The van der Waals surface area contributed by atoms with Crippen molar-refractivity contribution in [1.29, 1.82) is 0 Å². The van der Waals surface area contributed by atoms with Gasteiger partial charge in [0.05, 0.1) is 6.54 Å². The molecule has 0 unspecified atom stereocenters. The fraction of sp³-hybridized carbons (Fsp3) is 0.333. The summed E-state index contributed by atoms with van der Waals surface area (Å²) in [7, 11) is 0. The fourth-order valence-electron chi connectivity index (χ4n) is 0. The Morgan fingerprint density at radius 1 is 1.80 bits per heavy atom. The maximum absolute atomic E-state index is 4.79. The molecule has 0 atom stereocenters. The zero-order chi connectivity index (χ0) is 3.41. The summed E-state index contributed by atoms with van der Waals surface area (Å²) in [5.41, 5.74) is 4.79. The molecule has 0 fully saturated rings. The Hall–Kier alpha value is 0.250. The van der Waals surface area contributed by atoms with Gasteiger partial charge in [-0.3, -0.25) is 0 Å². The summed E-state index contributed by atoms with van der Waals surface area (Å²) < 4.78 is 0. The van der Waals surface area contributed by atoms with E-state index in [0.717, 1.165) is 0 Å². The lowest BCUT2D eigenvalue weighted by atomic mass is 10.7. The van der Waals surface area contributed by atoms with E-state index in [2.05, 4.69) is 12.3 Å². The van der Waals surface area contributed by atoms with Crippen molar-refractivity contribution >= 4 is 24.0 Å². The van der Waals surface area contributed by atoms with E-state index in [9.17, 15) is 0 Å². The molecular formula is C3H6IN. The van der Waals surface area contributed by atoms with Gasteiger partial charge in [-0.25, -0.2) is 0 Å². The van der Waals surface area contributed by atoms with Crippen LogP contribution in [0.4, 0.5) is 0 Å². The van der Waals surface area contributed by atoms with Crippen molar-refractivity contribution in [3.05, 3.63) is 0 Å². The summed E-state index contributed by atoms with van der Waals surface area (Å²) in [4.78, 5) is 0. The molecule has 0 aromatic heterocycles. The van der Waals surface area contributed by atoms with Gasteiger partial charge >= 0.3 is 0 Å². The molecule has 0 aliphatic heterocycles. The lowest BCUT2D eigenvalue weighted by Gasteiger charge is -1.56. The predicted molar refractivity (Wildman–Crippen MR) is 33.3 cm³/mol. The third kappa shape index (κ3) is 13.8. The van der Waals surface area contributed by atoms with Gasteiger partial charge in [0, 0.05) is 0 Å². The Labute approximate surface area is 49.0 Å². The van der Waals surface area contributed by atoms with E-state index in [4.69, 9.17) is 5.73 Å². The molecule has 0 saturated carbocycles. The summed E-state index contributed by atoms with van der Waals surface area (Å²) in [6, 6.07) is 0. The summed E-state index contributed by atoms with van der Waals surface area (Å²) in [5.74, 6) is 2.21. The van der Waals surface area contributed by atoms with Crippen LogP contribution in [0.15, 0.2) is 0 Å². The van der Waals surface area contributed by atoms with Gasteiger partial charge in [-0.05, 0) is 0 Å². The molecule has 0 bridgehead atoms. The molecule has 0 radical (unpaired) electrons. The highest BCUT2D eigenvalue weighted by atomic mass is 127. The highest BCUT2D eigenvalue weighted by Crippen LogP contribution is 1.25. The topological polar surface area (TPSA) is 26.0 Å². The SMILES string of the molecule is C#CCN.I. The first-order chi connectivity index (χ1) is 1.91. The Kier molecular flexibility index (Phi) is 15.9. The van der Waals surface area contributed by atoms with E-state index in [0.29, 0.717) is 6.54 Å². The van der Waals surface area contributed by atoms with E-state index in [1.54, 1.807) is 0 Å². The number of hydrogen-bond acceptors (Lipinski definition) is 1. The minimum atomic E-state index is 0. The first kappa shape index (κ1) is 8.98. The molecular weight excluding hydrogens is 177 g/mol. The molecule has 0 aromatic carbocycles. The summed E-state index contributed by atoms with van der Waals surface area (Å²) in [6.45, 7) is 0.347. The van der Waals surface area contributed by atoms with Crippen LogP contribution in [-0.4, -0.2) is 6.54 Å². The Morgan fingerprint density at radius 2 is 2.00 bits per heavy atom. The minimum Gasteiger partial charge on any atom is -0.320 e. The summed E-state index contributed by atoms with van der Waals surface area (Å²) in [5, 5.41) is 0. The molecule has 0 aliphatic carbocycles. The van der Waals surface area contributed by atoms with Gasteiger partial charge in [0.2, 0.25) is 0 Å². The molecule has 5 heavy (non-hydrogen) atoms. The van der Waals surface area contributed by atoms with Crippen LogP contribution in [0.3, 0.4) is 0 Å². The highest BCUT2D eigenvalue weighted by molar-refractivity contribution is 14.0. The average Bonchev–Trinajstić information content (AvgIpc) is 1.37. The van der Waals surface area contributed by atoms with Gasteiger partial charge in [0.25, 0.3) is 0 Å². The third-order valence-corrected chi connectivity index (χ3v) is 0.118.